The normalized spacial score (nSPS) is 16.1. The highest BCUT2D eigenvalue weighted by molar-refractivity contribution is 14.1. The van der Waals surface area contributed by atoms with Crippen molar-refractivity contribution in [3.8, 4) is 0 Å². The number of halogens is 2. The van der Waals surface area contributed by atoms with Crippen LogP contribution in [-0.2, 0) is 22.4 Å². The van der Waals surface area contributed by atoms with Crippen LogP contribution >= 0.6 is 22.6 Å². The first-order valence-electron chi connectivity index (χ1n) is 12.3. The van der Waals surface area contributed by atoms with Crippen molar-refractivity contribution in [1.29, 1.82) is 0 Å². The van der Waals surface area contributed by atoms with Gasteiger partial charge in [0.25, 0.3) is 5.91 Å². The van der Waals surface area contributed by atoms with E-state index in [4.69, 9.17) is 0 Å². The predicted molar refractivity (Wildman–Crippen MR) is 150 cm³/mol. The molecule has 37 heavy (non-hydrogen) atoms. The van der Waals surface area contributed by atoms with E-state index in [1.165, 1.54) is 12.1 Å². The van der Waals surface area contributed by atoms with E-state index in [0.717, 1.165) is 14.8 Å². The first-order valence-corrected chi connectivity index (χ1v) is 13.3. The van der Waals surface area contributed by atoms with Crippen molar-refractivity contribution < 1.29 is 18.8 Å². The van der Waals surface area contributed by atoms with E-state index in [0.29, 0.717) is 24.0 Å². The second-order valence-electron chi connectivity index (χ2n) is 9.37. The molecule has 1 heterocycles. The molecule has 1 unspecified atom stereocenters. The maximum atomic E-state index is 13.9. The Morgan fingerprint density at radius 3 is 2.51 bits per heavy atom. The maximum absolute atomic E-state index is 13.9. The van der Waals surface area contributed by atoms with E-state index in [2.05, 4.69) is 33.2 Å². The number of rotatable bonds is 7. The Hall–Kier alpha value is -3.27. The van der Waals surface area contributed by atoms with Crippen LogP contribution in [-0.4, -0.2) is 35.8 Å². The van der Waals surface area contributed by atoms with E-state index < -0.39 is 29.7 Å². The molecule has 0 saturated carbocycles. The number of anilines is 1. The third-order valence-electron chi connectivity index (χ3n) is 6.39. The van der Waals surface area contributed by atoms with Gasteiger partial charge in [0.15, 0.2) is 0 Å². The maximum Gasteiger partial charge on any atom is 0.253 e. The van der Waals surface area contributed by atoms with Crippen molar-refractivity contribution in [2.75, 3.05) is 4.90 Å². The zero-order valence-corrected chi connectivity index (χ0v) is 22.9. The summed E-state index contributed by atoms with van der Waals surface area (Å²) in [6, 6.07) is 18.9. The number of amides is 3. The van der Waals surface area contributed by atoms with E-state index in [1.54, 1.807) is 35.2 Å². The highest BCUT2D eigenvalue weighted by Crippen LogP contribution is 2.28. The lowest BCUT2D eigenvalue weighted by molar-refractivity contribution is -0.128. The summed E-state index contributed by atoms with van der Waals surface area (Å²) in [4.78, 5) is 42.0. The van der Waals surface area contributed by atoms with Crippen molar-refractivity contribution >= 4 is 46.0 Å². The molecule has 0 aromatic heterocycles. The van der Waals surface area contributed by atoms with E-state index in [1.807, 2.05) is 44.2 Å². The zero-order valence-electron chi connectivity index (χ0n) is 20.7. The molecule has 8 heteroatoms. The average Bonchev–Trinajstić information content (AvgIpc) is 3.00. The van der Waals surface area contributed by atoms with Crippen molar-refractivity contribution in [3.63, 3.8) is 0 Å². The van der Waals surface area contributed by atoms with Gasteiger partial charge in [0.1, 0.15) is 17.9 Å². The molecule has 0 aliphatic carbocycles. The van der Waals surface area contributed by atoms with Gasteiger partial charge in [-0.3, -0.25) is 14.4 Å². The Morgan fingerprint density at radius 1 is 1.05 bits per heavy atom. The van der Waals surface area contributed by atoms with Crippen LogP contribution in [0.25, 0.3) is 0 Å². The number of benzene rings is 3. The fourth-order valence-corrected chi connectivity index (χ4v) is 5.23. The Balaban J connectivity index is 1.58. The van der Waals surface area contributed by atoms with Crippen LogP contribution in [0.3, 0.4) is 0 Å². The molecule has 0 radical (unpaired) electrons. The van der Waals surface area contributed by atoms with Crippen LogP contribution < -0.4 is 15.5 Å². The molecule has 2 atom stereocenters. The van der Waals surface area contributed by atoms with Crippen LogP contribution in [0, 0.1) is 9.39 Å². The Morgan fingerprint density at radius 2 is 1.78 bits per heavy atom. The molecule has 1 aliphatic rings. The van der Waals surface area contributed by atoms with Crippen LogP contribution in [0.1, 0.15) is 41.8 Å². The summed E-state index contributed by atoms with van der Waals surface area (Å²) >= 11 is 2.07. The molecule has 0 fully saturated rings. The lowest BCUT2D eigenvalue weighted by Crippen LogP contribution is -2.55. The van der Waals surface area contributed by atoms with Gasteiger partial charge in [0.05, 0.1) is 5.56 Å². The van der Waals surface area contributed by atoms with Crippen LogP contribution in [0.4, 0.5) is 10.1 Å². The Labute approximate surface area is 229 Å². The van der Waals surface area contributed by atoms with Crippen molar-refractivity contribution in [2.45, 2.75) is 51.2 Å². The Kier molecular flexibility index (Phi) is 8.58. The molecule has 0 spiro atoms. The predicted octanol–water partition coefficient (Wildman–Crippen LogP) is 4.64. The first-order chi connectivity index (χ1) is 17.7. The molecular formula is C29H29FIN3O3. The Bertz CT molecular complexity index is 1310. The quantitative estimate of drug-likeness (QED) is 0.382. The first kappa shape index (κ1) is 26.8. The topological polar surface area (TPSA) is 78.5 Å². The van der Waals surface area contributed by atoms with Crippen molar-refractivity contribution in [2.24, 2.45) is 0 Å². The standard InChI is InChI=1S/C29H29FIN3O3/c1-18(2)34-26-13-6-3-9-20(26)14-15-24(29(34)37)32-28(36)25(17-19-8-7-10-21(30)16-19)33-27(35)22-11-4-5-12-23(22)31/h3-13,16,18,24-25H,14-15,17H2,1-2H3,(H,32,36)(H,33,35)/t24-,25?/m1/s1. The molecule has 0 bridgehead atoms. The minimum absolute atomic E-state index is 0.0772. The summed E-state index contributed by atoms with van der Waals surface area (Å²) in [6.45, 7) is 3.88. The molecule has 1 aliphatic heterocycles. The number of para-hydroxylation sites is 1. The van der Waals surface area contributed by atoms with Crippen molar-refractivity contribution in [3.05, 3.63) is 98.9 Å². The lowest BCUT2D eigenvalue weighted by Gasteiger charge is -2.30. The average molecular weight is 613 g/mol. The van der Waals surface area contributed by atoms with Gasteiger partial charge in [-0.2, -0.15) is 0 Å². The monoisotopic (exact) mass is 613 g/mol. The number of fused-ring (bicyclic) bond motifs is 1. The van der Waals surface area contributed by atoms with Gasteiger partial charge >= 0.3 is 0 Å². The molecule has 4 rings (SSSR count). The van der Waals surface area contributed by atoms with Gasteiger partial charge in [-0.1, -0.05) is 42.5 Å². The summed E-state index contributed by atoms with van der Waals surface area (Å²) < 4.78 is 14.6. The largest absolute Gasteiger partial charge is 0.342 e. The molecular weight excluding hydrogens is 584 g/mol. The SMILES string of the molecule is CC(C)N1C(=O)[C@H](NC(=O)C(Cc2cccc(F)c2)NC(=O)c2ccccc2I)CCc2ccccc21. The number of hydrogen-bond acceptors (Lipinski definition) is 3. The minimum atomic E-state index is -1.00. The lowest BCUT2D eigenvalue weighted by atomic mass is 10.0. The van der Waals surface area contributed by atoms with E-state index >= 15 is 0 Å². The van der Waals surface area contributed by atoms with Gasteiger partial charge in [-0.15, -0.1) is 0 Å². The molecule has 2 N–H and O–H groups in total. The number of carbonyl (C=O) groups is 3. The summed E-state index contributed by atoms with van der Waals surface area (Å²) in [7, 11) is 0. The van der Waals surface area contributed by atoms with Gasteiger partial charge < -0.3 is 15.5 Å². The van der Waals surface area contributed by atoms with Crippen molar-refractivity contribution in [1.82, 2.24) is 10.6 Å². The van der Waals surface area contributed by atoms with Gasteiger partial charge in [-0.25, -0.2) is 4.39 Å². The molecule has 192 valence electrons. The highest BCUT2D eigenvalue weighted by atomic mass is 127. The molecule has 3 aromatic carbocycles. The second-order valence-corrected chi connectivity index (χ2v) is 10.5. The van der Waals surface area contributed by atoms with E-state index in [9.17, 15) is 18.8 Å². The molecule has 6 nitrogen and oxygen atoms in total. The fourth-order valence-electron chi connectivity index (χ4n) is 4.60. The number of aryl methyl sites for hydroxylation is 1. The number of nitrogens with one attached hydrogen (secondary N) is 2. The summed E-state index contributed by atoms with van der Waals surface area (Å²) in [5.41, 5.74) is 2.89. The van der Waals surface area contributed by atoms with E-state index in [-0.39, 0.29) is 18.4 Å². The van der Waals surface area contributed by atoms with Gasteiger partial charge in [0, 0.05) is 21.7 Å². The van der Waals surface area contributed by atoms with Gasteiger partial charge in [0.2, 0.25) is 11.8 Å². The van der Waals surface area contributed by atoms with Gasteiger partial charge in [-0.05, 0) is 90.7 Å². The second kappa shape index (κ2) is 11.9. The zero-order chi connectivity index (χ0) is 26.5. The summed E-state index contributed by atoms with van der Waals surface area (Å²) in [5.74, 6) is -1.52. The van der Waals surface area contributed by atoms with Crippen LogP contribution in [0.2, 0.25) is 0 Å². The number of carbonyl (C=O) groups excluding carboxylic acids is 3. The number of nitrogens with zero attached hydrogens (tertiary/aromatic N) is 1. The summed E-state index contributed by atoms with van der Waals surface area (Å²) in [6.07, 6.45) is 1.13. The van der Waals surface area contributed by atoms with Crippen LogP contribution in [0.5, 0.6) is 0 Å². The fraction of sp³-hybridized carbons (Fsp3) is 0.276. The smallest absolute Gasteiger partial charge is 0.253 e. The third kappa shape index (κ3) is 6.36. The number of hydrogen-bond donors (Lipinski definition) is 2. The molecule has 0 saturated heterocycles. The highest BCUT2D eigenvalue weighted by Gasteiger charge is 2.34. The summed E-state index contributed by atoms with van der Waals surface area (Å²) in [5, 5.41) is 5.70. The third-order valence-corrected chi connectivity index (χ3v) is 7.33. The molecule has 3 amide bonds. The minimum Gasteiger partial charge on any atom is -0.342 e. The molecule has 3 aromatic rings. The van der Waals surface area contributed by atoms with Crippen LogP contribution in [0.15, 0.2) is 72.8 Å².